The van der Waals surface area contributed by atoms with Crippen LogP contribution in [0, 0.1) is 0 Å². The van der Waals surface area contributed by atoms with E-state index in [2.05, 4.69) is 10.6 Å². The molecule has 0 fully saturated rings. The van der Waals surface area contributed by atoms with Crippen LogP contribution in [0.25, 0.3) is 0 Å². The molecule has 0 aromatic heterocycles. The highest BCUT2D eigenvalue weighted by atomic mass is 35.5. The van der Waals surface area contributed by atoms with Crippen LogP contribution in [0.1, 0.15) is 30.5 Å². The quantitative estimate of drug-likeness (QED) is 0.671. The van der Waals surface area contributed by atoms with Crippen molar-refractivity contribution in [2.75, 3.05) is 13.7 Å². The molecule has 27 heavy (non-hydrogen) atoms. The Balaban J connectivity index is 2.02. The minimum Gasteiger partial charge on any atom is -0.494 e. The fourth-order valence-corrected chi connectivity index (χ4v) is 2.82. The third kappa shape index (κ3) is 6.49. The van der Waals surface area contributed by atoms with Crippen LogP contribution in [0.2, 0.25) is 5.02 Å². The van der Waals surface area contributed by atoms with E-state index in [9.17, 15) is 9.59 Å². The Morgan fingerprint density at radius 3 is 2.63 bits per heavy atom. The maximum Gasteiger partial charge on any atom is 0.315 e. The number of ether oxygens (including phenoxy) is 2. The second-order valence-corrected chi connectivity index (χ2v) is 6.17. The smallest absolute Gasteiger partial charge is 0.315 e. The maximum absolute atomic E-state index is 12.3. The molecule has 2 aromatic carbocycles. The molecule has 1 atom stereocenters. The lowest BCUT2D eigenvalue weighted by atomic mass is 10.0. The number of hydrogen-bond donors (Lipinski definition) is 2. The summed E-state index contributed by atoms with van der Waals surface area (Å²) in [5, 5.41) is 6.03. The lowest BCUT2D eigenvalue weighted by molar-refractivity contribution is -0.141. The summed E-state index contributed by atoms with van der Waals surface area (Å²) in [5.41, 5.74) is 1.55. The number of carbonyl (C=O) groups excluding carboxylic acids is 2. The zero-order valence-electron chi connectivity index (χ0n) is 15.3. The van der Waals surface area contributed by atoms with Crippen molar-refractivity contribution in [2.45, 2.75) is 25.9 Å². The number of halogens is 1. The molecular formula is C20H23ClN2O4. The van der Waals surface area contributed by atoms with Crippen molar-refractivity contribution in [1.29, 1.82) is 0 Å². The van der Waals surface area contributed by atoms with Gasteiger partial charge in [-0.2, -0.15) is 0 Å². The molecule has 0 radical (unpaired) electrons. The van der Waals surface area contributed by atoms with Crippen molar-refractivity contribution in [1.82, 2.24) is 10.6 Å². The molecule has 1 unspecified atom stereocenters. The van der Waals surface area contributed by atoms with Crippen molar-refractivity contribution in [3.63, 3.8) is 0 Å². The lowest BCUT2D eigenvalue weighted by Crippen LogP contribution is -2.38. The van der Waals surface area contributed by atoms with Gasteiger partial charge in [0.25, 0.3) is 0 Å². The van der Waals surface area contributed by atoms with E-state index in [0.29, 0.717) is 23.7 Å². The first kappa shape index (κ1) is 20.6. The highest BCUT2D eigenvalue weighted by Crippen LogP contribution is 2.25. The monoisotopic (exact) mass is 390 g/mol. The average molecular weight is 391 g/mol. The summed E-state index contributed by atoms with van der Waals surface area (Å²) in [6.07, 6.45) is -0.0204. The zero-order valence-corrected chi connectivity index (χ0v) is 16.1. The van der Waals surface area contributed by atoms with Crippen LogP contribution in [-0.4, -0.2) is 25.7 Å². The standard InChI is InChI=1S/C20H23ClN2O4/c1-3-27-15-8-6-7-14(11-15)13-22-20(25)23-18(12-19(24)26-2)16-9-4-5-10-17(16)21/h4-11,18H,3,12-13H2,1-2H3,(H2,22,23,25). The van der Waals surface area contributed by atoms with Crippen molar-refractivity contribution >= 4 is 23.6 Å². The first-order valence-corrected chi connectivity index (χ1v) is 8.98. The number of hydrogen-bond acceptors (Lipinski definition) is 4. The van der Waals surface area contributed by atoms with E-state index < -0.39 is 18.0 Å². The fraction of sp³-hybridized carbons (Fsp3) is 0.300. The molecule has 144 valence electrons. The maximum atomic E-state index is 12.3. The lowest BCUT2D eigenvalue weighted by Gasteiger charge is -2.20. The van der Waals surface area contributed by atoms with E-state index >= 15 is 0 Å². The number of methoxy groups -OCH3 is 1. The minimum absolute atomic E-state index is 0.0204. The van der Waals surface area contributed by atoms with Gasteiger partial charge in [0.05, 0.1) is 26.2 Å². The van der Waals surface area contributed by atoms with Gasteiger partial charge in [0.15, 0.2) is 0 Å². The van der Waals surface area contributed by atoms with Crippen LogP contribution in [0.3, 0.4) is 0 Å². The topological polar surface area (TPSA) is 76.7 Å². The minimum atomic E-state index is -0.596. The average Bonchev–Trinajstić information content (AvgIpc) is 2.67. The molecule has 0 heterocycles. The van der Waals surface area contributed by atoms with Gasteiger partial charge in [-0.05, 0) is 36.2 Å². The van der Waals surface area contributed by atoms with E-state index in [-0.39, 0.29) is 6.42 Å². The molecule has 0 saturated carbocycles. The van der Waals surface area contributed by atoms with E-state index in [0.717, 1.165) is 11.3 Å². The first-order chi connectivity index (χ1) is 13.0. The molecule has 0 aliphatic carbocycles. The number of benzene rings is 2. The zero-order chi connectivity index (χ0) is 19.6. The summed E-state index contributed by atoms with van der Waals surface area (Å²) in [5.74, 6) is 0.307. The molecule has 7 heteroatoms. The molecule has 0 aliphatic heterocycles. The number of urea groups is 1. The highest BCUT2D eigenvalue weighted by molar-refractivity contribution is 6.31. The van der Waals surface area contributed by atoms with E-state index in [4.69, 9.17) is 21.1 Å². The summed E-state index contributed by atoms with van der Waals surface area (Å²) in [6, 6.07) is 13.5. The molecular weight excluding hydrogens is 368 g/mol. The molecule has 2 rings (SSSR count). The highest BCUT2D eigenvalue weighted by Gasteiger charge is 2.21. The van der Waals surface area contributed by atoms with Gasteiger partial charge in [0.2, 0.25) is 0 Å². The second kappa shape index (κ2) is 10.4. The third-order valence-corrected chi connectivity index (χ3v) is 4.19. The first-order valence-electron chi connectivity index (χ1n) is 8.60. The third-order valence-electron chi connectivity index (χ3n) is 3.85. The number of amides is 2. The Morgan fingerprint density at radius 2 is 1.93 bits per heavy atom. The fourth-order valence-electron chi connectivity index (χ4n) is 2.55. The van der Waals surface area contributed by atoms with Crippen LogP contribution in [0.15, 0.2) is 48.5 Å². The Kier molecular flexibility index (Phi) is 7.95. The van der Waals surface area contributed by atoms with Crippen LogP contribution in [0.4, 0.5) is 4.79 Å². The van der Waals surface area contributed by atoms with Crippen molar-refractivity contribution in [3.05, 3.63) is 64.7 Å². The molecule has 2 aromatic rings. The van der Waals surface area contributed by atoms with E-state index in [1.807, 2.05) is 31.2 Å². The summed E-state index contributed by atoms with van der Waals surface area (Å²) in [7, 11) is 1.30. The molecule has 0 aliphatic rings. The second-order valence-electron chi connectivity index (χ2n) is 5.76. The normalized spacial score (nSPS) is 11.4. The Hall–Kier alpha value is -2.73. The number of nitrogens with one attached hydrogen (secondary N) is 2. The van der Waals surface area contributed by atoms with Gasteiger partial charge in [-0.15, -0.1) is 0 Å². The molecule has 0 saturated heterocycles. The van der Waals surface area contributed by atoms with E-state index in [1.165, 1.54) is 7.11 Å². The van der Waals surface area contributed by atoms with Gasteiger partial charge in [-0.1, -0.05) is 41.9 Å². The van der Waals surface area contributed by atoms with Crippen LogP contribution in [0.5, 0.6) is 5.75 Å². The van der Waals surface area contributed by atoms with Crippen LogP contribution < -0.4 is 15.4 Å². The van der Waals surface area contributed by atoms with Gasteiger partial charge in [-0.3, -0.25) is 4.79 Å². The van der Waals surface area contributed by atoms with Gasteiger partial charge in [0.1, 0.15) is 5.75 Å². The largest absolute Gasteiger partial charge is 0.494 e. The van der Waals surface area contributed by atoms with Gasteiger partial charge in [0, 0.05) is 11.6 Å². The van der Waals surface area contributed by atoms with Crippen LogP contribution >= 0.6 is 11.6 Å². The Labute approximate surface area is 163 Å². The van der Waals surface area contributed by atoms with Gasteiger partial charge in [-0.25, -0.2) is 4.79 Å². The summed E-state index contributed by atoms with van der Waals surface area (Å²) in [6.45, 7) is 2.80. The summed E-state index contributed by atoms with van der Waals surface area (Å²) >= 11 is 6.21. The molecule has 2 amide bonds. The summed E-state index contributed by atoms with van der Waals surface area (Å²) in [4.78, 5) is 24.1. The van der Waals surface area contributed by atoms with Crippen molar-refractivity contribution in [3.8, 4) is 5.75 Å². The van der Waals surface area contributed by atoms with Crippen molar-refractivity contribution < 1.29 is 19.1 Å². The van der Waals surface area contributed by atoms with Crippen LogP contribution in [-0.2, 0) is 16.1 Å². The van der Waals surface area contributed by atoms with E-state index in [1.54, 1.807) is 24.3 Å². The molecule has 6 nitrogen and oxygen atoms in total. The van der Waals surface area contributed by atoms with Crippen molar-refractivity contribution in [2.24, 2.45) is 0 Å². The van der Waals surface area contributed by atoms with Gasteiger partial charge < -0.3 is 20.1 Å². The van der Waals surface area contributed by atoms with Gasteiger partial charge >= 0.3 is 12.0 Å². The number of rotatable bonds is 8. The number of esters is 1. The predicted octanol–water partition coefficient (Wildman–Crippen LogP) is 3.84. The summed E-state index contributed by atoms with van der Waals surface area (Å²) < 4.78 is 10.2. The predicted molar refractivity (Wildman–Crippen MR) is 104 cm³/mol. The molecule has 0 spiro atoms. The molecule has 0 bridgehead atoms. The SMILES string of the molecule is CCOc1cccc(CNC(=O)NC(CC(=O)OC)c2ccccc2Cl)c1. The Morgan fingerprint density at radius 1 is 1.15 bits per heavy atom. The Bertz CT molecular complexity index is 782. The number of carbonyl (C=O) groups is 2. The molecule has 2 N–H and O–H groups in total.